The van der Waals surface area contributed by atoms with Crippen molar-refractivity contribution < 1.29 is 9.52 Å². The van der Waals surface area contributed by atoms with Crippen molar-refractivity contribution in [3.63, 3.8) is 0 Å². The molecule has 1 atom stereocenters. The Hall–Kier alpha value is -3.13. The van der Waals surface area contributed by atoms with Crippen molar-refractivity contribution in [3.8, 4) is 11.6 Å². The molecule has 0 radical (unpaired) electrons. The maximum atomic E-state index is 9.64. The molecule has 0 bridgehead atoms. The fraction of sp³-hybridized carbons (Fsp3) is 0.316. The average molecular weight is 368 g/mol. The quantitative estimate of drug-likeness (QED) is 0.355. The number of guanidine groups is 1. The van der Waals surface area contributed by atoms with Gasteiger partial charge < -0.3 is 20.2 Å². The van der Waals surface area contributed by atoms with Gasteiger partial charge in [-0.2, -0.15) is 5.10 Å². The molecule has 1 unspecified atom stereocenters. The highest BCUT2D eigenvalue weighted by Gasteiger charge is 2.11. The molecule has 27 heavy (non-hydrogen) atoms. The standard InChI is InChI=1S/C19H24N6O2/c1-20-19(22-12-15(13-26)14-6-3-2-4-7-14)21-10-9-17-23-18(25-24-17)16-8-5-11-27-16/h2-8,11,15,26H,9-10,12-13H2,1H3,(H2,20,21,22)(H,23,24,25). The minimum Gasteiger partial charge on any atom is -0.461 e. The third-order valence-corrected chi connectivity index (χ3v) is 4.16. The summed E-state index contributed by atoms with van der Waals surface area (Å²) in [7, 11) is 1.72. The molecule has 0 spiro atoms. The Kier molecular flexibility index (Phi) is 6.59. The number of aromatic amines is 1. The van der Waals surface area contributed by atoms with Crippen LogP contribution in [0, 0.1) is 0 Å². The van der Waals surface area contributed by atoms with Crippen LogP contribution in [0.25, 0.3) is 11.6 Å². The number of aliphatic hydroxyl groups excluding tert-OH is 1. The molecular formula is C19H24N6O2. The highest BCUT2D eigenvalue weighted by molar-refractivity contribution is 5.79. The van der Waals surface area contributed by atoms with Gasteiger partial charge in [0.2, 0.25) is 5.82 Å². The van der Waals surface area contributed by atoms with Gasteiger partial charge >= 0.3 is 0 Å². The minimum atomic E-state index is 0.00915. The van der Waals surface area contributed by atoms with Gasteiger partial charge in [-0.05, 0) is 17.7 Å². The lowest BCUT2D eigenvalue weighted by Gasteiger charge is -2.18. The third-order valence-electron chi connectivity index (χ3n) is 4.16. The van der Waals surface area contributed by atoms with E-state index in [1.165, 1.54) is 0 Å². The first kappa shape index (κ1) is 18.7. The number of hydrogen-bond donors (Lipinski definition) is 4. The number of rotatable bonds is 8. The summed E-state index contributed by atoms with van der Waals surface area (Å²) in [5.41, 5.74) is 1.09. The van der Waals surface area contributed by atoms with E-state index in [4.69, 9.17) is 4.42 Å². The van der Waals surface area contributed by atoms with Crippen molar-refractivity contribution >= 4 is 5.96 Å². The van der Waals surface area contributed by atoms with Crippen molar-refractivity contribution in [2.75, 3.05) is 26.7 Å². The minimum absolute atomic E-state index is 0.00915. The molecule has 0 saturated heterocycles. The molecule has 0 amide bonds. The Balaban J connectivity index is 1.45. The summed E-state index contributed by atoms with van der Waals surface area (Å²) < 4.78 is 5.28. The molecule has 8 heteroatoms. The smallest absolute Gasteiger partial charge is 0.216 e. The second-order valence-electron chi connectivity index (χ2n) is 6.00. The first-order valence-electron chi connectivity index (χ1n) is 8.85. The first-order chi connectivity index (χ1) is 13.3. The largest absolute Gasteiger partial charge is 0.461 e. The van der Waals surface area contributed by atoms with Gasteiger partial charge in [0.15, 0.2) is 11.7 Å². The van der Waals surface area contributed by atoms with Crippen LogP contribution in [0.15, 0.2) is 58.1 Å². The normalized spacial score (nSPS) is 12.7. The Labute approximate surface area is 157 Å². The van der Waals surface area contributed by atoms with E-state index in [1.807, 2.05) is 36.4 Å². The maximum Gasteiger partial charge on any atom is 0.216 e. The number of hydrogen-bond acceptors (Lipinski definition) is 5. The lowest BCUT2D eigenvalue weighted by Crippen LogP contribution is -2.40. The van der Waals surface area contributed by atoms with E-state index >= 15 is 0 Å². The van der Waals surface area contributed by atoms with Crippen molar-refractivity contribution in [2.24, 2.45) is 4.99 Å². The van der Waals surface area contributed by atoms with E-state index in [-0.39, 0.29) is 12.5 Å². The van der Waals surface area contributed by atoms with Crippen LogP contribution in [-0.4, -0.2) is 53.0 Å². The summed E-state index contributed by atoms with van der Waals surface area (Å²) in [5.74, 6) is 2.64. The Bertz CT molecular complexity index is 829. The summed E-state index contributed by atoms with van der Waals surface area (Å²) in [4.78, 5) is 8.63. The van der Waals surface area contributed by atoms with Crippen LogP contribution < -0.4 is 10.6 Å². The third kappa shape index (κ3) is 5.18. The molecule has 0 aliphatic heterocycles. The van der Waals surface area contributed by atoms with E-state index in [2.05, 4.69) is 30.8 Å². The molecule has 0 aliphatic carbocycles. The van der Waals surface area contributed by atoms with Crippen molar-refractivity contribution in [1.82, 2.24) is 25.8 Å². The second-order valence-corrected chi connectivity index (χ2v) is 6.00. The number of benzene rings is 1. The van der Waals surface area contributed by atoms with Gasteiger partial charge in [0.05, 0.1) is 12.9 Å². The monoisotopic (exact) mass is 368 g/mol. The van der Waals surface area contributed by atoms with E-state index in [9.17, 15) is 5.11 Å². The summed E-state index contributed by atoms with van der Waals surface area (Å²) in [6.45, 7) is 1.30. The number of aromatic nitrogens is 3. The van der Waals surface area contributed by atoms with Crippen LogP contribution in [0.4, 0.5) is 0 Å². The molecule has 2 heterocycles. The summed E-state index contributed by atoms with van der Waals surface area (Å²) in [6.07, 6.45) is 2.26. The van der Waals surface area contributed by atoms with Crippen molar-refractivity contribution in [1.29, 1.82) is 0 Å². The molecule has 4 N–H and O–H groups in total. The maximum absolute atomic E-state index is 9.64. The van der Waals surface area contributed by atoms with Gasteiger partial charge in [0.25, 0.3) is 0 Å². The number of nitrogens with one attached hydrogen (secondary N) is 3. The predicted molar refractivity (Wildman–Crippen MR) is 103 cm³/mol. The summed E-state index contributed by atoms with van der Waals surface area (Å²) >= 11 is 0. The fourth-order valence-corrected chi connectivity index (χ4v) is 2.68. The molecule has 1 aromatic carbocycles. The first-order valence-corrected chi connectivity index (χ1v) is 8.85. The van der Waals surface area contributed by atoms with Crippen molar-refractivity contribution in [2.45, 2.75) is 12.3 Å². The van der Waals surface area contributed by atoms with Gasteiger partial charge in [0, 0.05) is 32.5 Å². The van der Waals surface area contributed by atoms with Crippen LogP contribution in [0.5, 0.6) is 0 Å². The molecule has 3 aromatic rings. The highest BCUT2D eigenvalue weighted by Crippen LogP contribution is 2.14. The van der Waals surface area contributed by atoms with Gasteiger partial charge in [-0.3, -0.25) is 10.1 Å². The number of furan rings is 1. The number of aliphatic hydroxyl groups is 1. The van der Waals surface area contributed by atoms with Crippen LogP contribution >= 0.6 is 0 Å². The highest BCUT2D eigenvalue weighted by atomic mass is 16.3. The molecule has 0 aliphatic rings. The number of H-pyrrole nitrogens is 1. The predicted octanol–water partition coefficient (Wildman–Crippen LogP) is 1.55. The molecule has 142 valence electrons. The molecule has 0 fully saturated rings. The Morgan fingerprint density at radius 1 is 1.22 bits per heavy atom. The summed E-state index contributed by atoms with van der Waals surface area (Å²) in [5, 5.41) is 23.2. The molecule has 8 nitrogen and oxygen atoms in total. The SMILES string of the molecule is CN=C(NCCc1nc(-c2ccco2)n[nH]1)NCC(CO)c1ccccc1. The van der Waals surface area contributed by atoms with E-state index in [1.54, 1.807) is 19.4 Å². The molecule has 2 aromatic heterocycles. The zero-order valence-electron chi connectivity index (χ0n) is 15.2. The zero-order chi connectivity index (χ0) is 18.9. The topological polar surface area (TPSA) is 111 Å². The average Bonchev–Trinajstić information content (AvgIpc) is 3.39. The van der Waals surface area contributed by atoms with Crippen LogP contribution in [-0.2, 0) is 6.42 Å². The zero-order valence-corrected chi connectivity index (χ0v) is 15.2. The molecular weight excluding hydrogens is 344 g/mol. The van der Waals surface area contributed by atoms with Gasteiger partial charge in [-0.25, -0.2) is 4.98 Å². The second kappa shape index (κ2) is 9.54. The lowest BCUT2D eigenvalue weighted by molar-refractivity contribution is 0.265. The van der Waals surface area contributed by atoms with Gasteiger partial charge in [-0.15, -0.1) is 0 Å². The number of nitrogens with zero attached hydrogens (tertiary/aromatic N) is 3. The molecule has 0 saturated carbocycles. The van der Waals surface area contributed by atoms with Gasteiger partial charge in [0.1, 0.15) is 5.82 Å². The molecule has 3 rings (SSSR count). The van der Waals surface area contributed by atoms with E-state index in [0.717, 1.165) is 11.4 Å². The van der Waals surface area contributed by atoms with Crippen LogP contribution in [0.2, 0.25) is 0 Å². The lowest BCUT2D eigenvalue weighted by atomic mass is 10.0. The van der Waals surface area contributed by atoms with Gasteiger partial charge in [-0.1, -0.05) is 30.3 Å². The Morgan fingerprint density at radius 2 is 2.07 bits per heavy atom. The number of aliphatic imine (C=N–C) groups is 1. The Morgan fingerprint density at radius 3 is 2.78 bits per heavy atom. The van der Waals surface area contributed by atoms with E-state index < -0.39 is 0 Å². The van der Waals surface area contributed by atoms with Crippen LogP contribution in [0.3, 0.4) is 0 Å². The summed E-state index contributed by atoms with van der Waals surface area (Å²) in [6, 6.07) is 13.6. The van der Waals surface area contributed by atoms with Crippen LogP contribution in [0.1, 0.15) is 17.3 Å². The fourth-order valence-electron chi connectivity index (χ4n) is 2.68. The van der Waals surface area contributed by atoms with Crippen molar-refractivity contribution in [3.05, 3.63) is 60.1 Å². The van der Waals surface area contributed by atoms with E-state index in [0.29, 0.717) is 37.1 Å².